The van der Waals surface area contributed by atoms with Gasteiger partial charge in [-0.1, -0.05) is 30.3 Å². The van der Waals surface area contributed by atoms with Gasteiger partial charge in [-0.15, -0.1) is 0 Å². The standard InChI is InChI=1S/C27H28N8O/c1-17-5-3-6-18-13-20(26(31-23(17)18)34-11-9-33(2)10-12-34)15-35-27-22(25(28)29-16-30-27)24(32-35)19-7-4-8-21(36)14-19/h3-8,13-14,16,36H,9-12,15H2,1-2H3,(H2,28,29,30). The van der Waals surface area contributed by atoms with E-state index >= 15 is 0 Å². The molecule has 0 saturated carbocycles. The molecule has 3 aromatic heterocycles. The second-order valence-electron chi connectivity index (χ2n) is 9.42. The minimum absolute atomic E-state index is 0.164. The highest BCUT2D eigenvalue weighted by Gasteiger charge is 2.22. The van der Waals surface area contributed by atoms with E-state index in [0.29, 0.717) is 29.1 Å². The lowest BCUT2D eigenvalue weighted by Crippen LogP contribution is -2.45. The quantitative estimate of drug-likeness (QED) is 0.403. The van der Waals surface area contributed by atoms with Crippen molar-refractivity contribution in [3.8, 4) is 17.0 Å². The molecule has 4 heterocycles. The maximum Gasteiger partial charge on any atom is 0.164 e. The fraction of sp³-hybridized carbons (Fsp3) is 0.259. The molecule has 5 aromatic rings. The number of anilines is 2. The molecule has 9 heteroatoms. The predicted octanol–water partition coefficient (Wildman–Crippen LogP) is 3.44. The highest BCUT2D eigenvalue weighted by atomic mass is 16.3. The van der Waals surface area contributed by atoms with Crippen molar-refractivity contribution in [1.29, 1.82) is 0 Å². The van der Waals surface area contributed by atoms with Gasteiger partial charge in [0.15, 0.2) is 5.65 Å². The van der Waals surface area contributed by atoms with E-state index in [4.69, 9.17) is 15.8 Å². The molecule has 0 spiro atoms. The van der Waals surface area contributed by atoms with Crippen molar-refractivity contribution in [2.24, 2.45) is 0 Å². The largest absolute Gasteiger partial charge is 0.508 e. The van der Waals surface area contributed by atoms with Gasteiger partial charge >= 0.3 is 0 Å². The highest BCUT2D eigenvalue weighted by molar-refractivity contribution is 5.98. The summed E-state index contributed by atoms with van der Waals surface area (Å²) in [7, 11) is 2.15. The van der Waals surface area contributed by atoms with Crippen LogP contribution in [0, 0.1) is 6.92 Å². The first-order chi connectivity index (χ1) is 17.5. The number of pyridine rings is 1. The molecule has 0 unspecified atom stereocenters. The second kappa shape index (κ2) is 8.76. The lowest BCUT2D eigenvalue weighted by molar-refractivity contribution is 0.312. The van der Waals surface area contributed by atoms with Crippen LogP contribution in [0.15, 0.2) is 54.9 Å². The molecular weight excluding hydrogens is 452 g/mol. The van der Waals surface area contributed by atoms with Gasteiger partial charge in [0.2, 0.25) is 0 Å². The van der Waals surface area contributed by atoms with Gasteiger partial charge in [0, 0.05) is 42.7 Å². The van der Waals surface area contributed by atoms with Crippen molar-refractivity contribution >= 4 is 33.6 Å². The number of phenolic OH excluding ortho intramolecular Hbond substituents is 1. The molecule has 0 bridgehead atoms. The molecule has 3 N–H and O–H groups in total. The summed E-state index contributed by atoms with van der Waals surface area (Å²) in [4.78, 5) is 18.6. The summed E-state index contributed by atoms with van der Waals surface area (Å²) in [5.41, 5.74) is 11.6. The van der Waals surface area contributed by atoms with Crippen molar-refractivity contribution in [2.45, 2.75) is 13.5 Å². The number of piperazine rings is 1. The molecule has 2 aromatic carbocycles. The van der Waals surface area contributed by atoms with E-state index in [1.807, 2.05) is 10.7 Å². The maximum atomic E-state index is 10.1. The van der Waals surface area contributed by atoms with Crippen LogP contribution in [0.5, 0.6) is 5.75 Å². The van der Waals surface area contributed by atoms with Gasteiger partial charge in [-0.3, -0.25) is 0 Å². The van der Waals surface area contributed by atoms with Crippen LogP contribution >= 0.6 is 0 Å². The Hall–Kier alpha value is -4.24. The van der Waals surface area contributed by atoms with Crippen LogP contribution in [0.3, 0.4) is 0 Å². The predicted molar refractivity (Wildman–Crippen MR) is 142 cm³/mol. The zero-order chi connectivity index (χ0) is 24.8. The van der Waals surface area contributed by atoms with E-state index in [9.17, 15) is 5.11 Å². The van der Waals surface area contributed by atoms with Gasteiger partial charge < -0.3 is 20.6 Å². The van der Waals surface area contributed by atoms with Crippen molar-refractivity contribution in [3.63, 3.8) is 0 Å². The Balaban J connectivity index is 1.51. The van der Waals surface area contributed by atoms with E-state index in [-0.39, 0.29) is 5.75 Å². The third kappa shape index (κ3) is 3.87. The number of benzene rings is 2. The number of aromatic hydroxyl groups is 1. The Labute approximate surface area is 208 Å². The monoisotopic (exact) mass is 480 g/mol. The molecule has 0 amide bonds. The van der Waals surface area contributed by atoms with Crippen molar-refractivity contribution < 1.29 is 5.11 Å². The van der Waals surface area contributed by atoms with Gasteiger partial charge in [-0.25, -0.2) is 19.6 Å². The van der Waals surface area contributed by atoms with Crippen LogP contribution in [0.4, 0.5) is 11.6 Å². The summed E-state index contributed by atoms with van der Waals surface area (Å²) in [5.74, 6) is 1.50. The van der Waals surface area contributed by atoms with Crippen molar-refractivity contribution in [2.75, 3.05) is 43.9 Å². The fourth-order valence-corrected chi connectivity index (χ4v) is 4.95. The molecule has 6 rings (SSSR count). The van der Waals surface area contributed by atoms with Gasteiger partial charge in [0.25, 0.3) is 0 Å². The molecule has 1 aliphatic heterocycles. The van der Waals surface area contributed by atoms with Crippen LogP contribution in [-0.2, 0) is 6.54 Å². The SMILES string of the molecule is Cc1cccc2cc(Cn3nc(-c4cccc(O)c4)c4c(N)ncnc43)c(N3CCN(C)CC3)nc12. The van der Waals surface area contributed by atoms with E-state index in [1.165, 1.54) is 6.33 Å². The molecule has 0 atom stereocenters. The van der Waals surface area contributed by atoms with Crippen LogP contribution in [0.1, 0.15) is 11.1 Å². The number of aryl methyl sites for hydroxylation is 1. The van der Waals surface area contributed by atoms with E-state index in [2.05, 4.69) is 58.0 Å². The molecule has 0 aliphatic carbocycles. The average molecular weight is 481 g/mol. The minimum Gasteiger partial charge on any atom is -0.508 e. The molecule has 9 nitrogen and oxygen atoms in total. The topological polar surface area (TPSA) is 109 Å². The lowest BCUT2D eigenvalue weighted by Gasteiger charge is -2.34. The molecular formula is C27H28N8O. The number of nitrogen functional groups attached to an aromatic ring is 1. The number of aromatic nitrogens is 5. The Kier molecular flexibility index (Phi) is 5.41. The van der Waals surface area contributed by atoms with Crippen LogP contribution in [0.2, 0.25) is 0 Å². The molecule has 0 radical (unpaired) electrons. The number of nitrogens with zero attached hydrogens (tertiary/aromatic N) is 7. The summed E-state index contributed by atoms with van der Waals surface area (Å²) < 4.78 is 1.87. The Morgan fingerprint density at radius 1 is 1.00 bits per heavy atom. The first-order valence-electron chi connectivity index (χ1n) is 12.1. The number of hydrogen-bond donors (Lipinski definition) is 2. The van der Waals surface area contributed by atoms with Crippen LogP contribution in [-0.4, -0.2) is 68.0 Å². The van der Waals surface area contributed by atoms with Gasteiger partial charge in [-0.2, -0.15) is 5.10 Å². The molecule has 36 heavy (non-hydrogen) atoms. The number of phenols is 1. The maximum absolute atomic E-state index is 10.1. The summed E-state index contributed by atoms with van der Waals surface area (Å²) in [6.45, 7) is 6.39. The first-order valence-corrected chi connectivity index (χ1v) is 12.1. The Bertz CT molecular complexity index is 1590. The van der Waals surface area contributed by atoms with Crippen LogP contribution in [0.25, 0.3) is 33.2 Å². The summed E-state index contributed by atoms with van der Waals surface area (Å²) in [5, 5.41) is 16.8. The summed E-state index contributed by atoms with van der Waals surface area (Å²) in [6, 6.07) is 15.5. The van der Waals surface area contributed by atoms with E-state index in [0.717, 1.165) is 59.6 Å². The highest BCUT2D eigenvalue weighted by Crippen LogP contribution is 2.33. The summed E-state index contributed by atoms with van der Waals surface area (Å²) in [6.07, 6.45) is 1.46. The molecule has 1 saturated heterocycles. The van der Waals surface area contributed by atoms with E-state index < -0.39 is 0 Å². The van der Waals surface area contributed by atoms with Gasteiger partial charge in [0.1, 0.15) is 29.4 Å². The fourth-order valence-electron chi connectivity index (χ4n) is 4.95. The molecule has 1 fully saturated rings. The number of fused-ring (bicyclic) bond motifs is 2. The van der Waals surface area contributed by atoms with Gasteiger partial charge in [-0.05, 0) is 37.7 Å². The average Bonchev–Trinajstić information content (AvgIpc) is 3.24. The molecule has 182 valence electrons. The number of para-hydroxylation sites is 1. The summed E-state index contributed by atoms with van der Waals surface area (Å²) >= 11 is 0. The van der Waals surface area contributed by atoms with Crippen molar-refractivity contribution in [3.05, 3.63) is 66.0 Å². The van der Waals surface area contributed by atoms with Crippen LogP contribution < -0.4 is 10.6 Å². The van der Waals surface area contributed by atoms with Crippen molar-refractivity contribution in [1.82, 2.24) is 29.6 Å². The Morgan fingerprint density at radius 3 is 2.61 bits per heavy atom. The number of rotatable bonds is 4. The number of nitrogens with two attached hydrogens (primary N) is 1. The third-order valence-corrected chi connectivity index (χ3v) is 6.90. The van der Waals surface area contributed by atoms with E-state index in [1.54, 1.807) is 18.2 Å². The lowest BCUT2D eigenvalue weighted by atomic mass is 10.1. The smallest absolute Gasteiger partial charge is 0.164 e. The third-order valence-electron chi connectivity index (χ3n) is 6.90. The first kappa shape index (κ1) is 22.2. The normalized spacial score (nSPS) is 14.7. The number of likely N-dealkylation sites (N-methyl/N-ethyl adjacent to an activating group) is 1. The Morgan fingerprint density at radius 2 is 1.81 bits per heavy atom. The molecule has 1 aliphatic rings. The zero-order valence-corrected chi connectivity index (χ0v) is 20.4. The van der Waals surface area contributed by atoms with Gasteiger partial charge in [0.05, 0.1) is 17.4 Å². The zero-order valence-electron chi connectivity index (χ0n) is 20.4. The second-order valence-corrected chi connectivity index (χ2v) is 9.42. The number of hydrogen-bond acceptors (Lipinski definition) is 8. The minimum atomic E-state index is 0.164.